The van der Waals surface area contributed by atoms with Gasteiger partial charge in [-0.2, -0.15) is 0 Å². The van der Waals surface area contributed by atoms with Crippen molar-refractivity contribution >= 4 is 47.6 Å². The Balaban J connectivity index is 2.12. The van der Waals surface area contributed by atoms with Crippen LogP contribution in [0.2, 0.25) is 10.0 Å². The highest BCUT2D eigenvalue weighted by atomic mass is 35.5. The second-order valence-corrected chi connectivity index (χ2v) is 9.47. The van der Waals surface area contributed by atoms with Gasteiger partial charge < -0.3 is 0 Å². The summed E-state index contributed by atoms with van der Waals surface area (Å²) in [4.78, 5) is 26.4. The summed E-state index contributed by atoms with van der Waals surface area (Å²) in [5, 5.41) is 0.427. The fraction of sp³-hybridized carbons (Fsp3) is 0.167. The number of ketones is 1. The van der Waals surface area contributed by atoms with Crippen LogP contribution in [0.1, 0.15) is 48.5 Å². The van der Waals surface area contributed by atoms with Gasteiger partial charge in [-0.1, -0.05) is 52.0 Å². The summed E-state index contributed by atoms with van der Waals surface area (Å²) >= 11 is 12.3. The zero-order valence-corrected chi connectivity index (χ0v) is 19.5. The third-order valence-electron chi connectivity index (χ3n) is 5.31. The molecule has 0 aromatic heterocycles. The lowest BCUT2D eigenvalue weighted by atomic mass is 9.89. The quantitative estimate of drug-likeness (QED) is 0.314. The van der Waals surface area contributed by atoms with Gasteiger partial charge >= 0.3 is 13.3 Å². The van der Waals surface area contributed by atoms with Crippen molar-refractivity contribution in [3.05, 3.63) is 97.5 Å². The van der Waals surface area contributed by atoms with E-state index in [-0.39, 0.29) is 32.3 Å². The summed E-state index contributed by atoms with van der Waals surface area (Å²) in [5.41, 5.74) is 3.96. The number of benzene rings is 3. The Morgan fingerprint density at radius 1 is 0.767 bits per heavy atom. The first-order valence-electron chi connectivity index (χ1n) is 9.31. The zero-order valence-electron chi connectivity index (χ0n) is 17.0. The molecule has 0 fully saturated rings. The summed E-state index contributed by atoms with van der Waals surface area (Å²) in [5.74, 6) is -0.259. The maximum absolute atomic E-state index is 13.5. The van der Waals surface area contributed by atoms with Gasteiger partial charge in [0.15, 0.2) is 5.78 Å². The molecule has 3 rings (SSSR count). The molecule has 0 heterocycles. The molecule has 30 heavy (non-hydrogen) atoms. The molecule has 0 N–H and O–H groups in total. The minimum Gasteiger partial charge on any atom is -0.288 e. The smallest absolute Gasteiger partial charge is 0.288 e. The number of halogens is 2. The van der Waals surface area contributed by atoms with Crippen LogP contribution in [-0.2, 0) is 4.57 Å². The first-order chi connectivity index (χ1) is 14.1. The molecule has 0 aliphatic rings. The molecule has 0 amide bonds. The predicted octanol–water partition coefficient (Wildman–Crippen LogP) is 6.75. The Hall–Kier alpha value is -2.32. The second-order valence-electron chi connectivity index (χ2n) is 7.18. The molecule has 0 aliphatic heterocycles. The molecular formula is C24H20Cl2O3P+. The van der Waals surface area contributed by atoms with Crippen molar-refractivity contribution in [3.8, 4) is 0 Å². The molecule has 0 spiro atoms. The highest BCUT2D eigenvalue weighted by Crippen LogP contribution is 2.35. The van der Waals surface area contributed by atoms with E-state index in [1.165, 1.54) is 12.1 Å². The molecule has 0 saturated heterocycles. The number of aryl methyl sites for hydroxylation is 2. The second kappa shape index (κ2) is 8.81. The average Bonchev–Trinajstić information content (AvgIpc) is 2.71. The van der Waals surface area contributed by atoms with Crippen molar-refractivity contribution in [3.63, 3.8) is 0 Å². The van der Waals surface area contributed by atoms with Gasteiger partial charge in [-0.05, 0) is 74.2 Å². The first-order valence-corrected chi connectivity index (χ1v) is 11.3. The number of hydrogen-bond donors (Lipinski definition) is 0. The summed E-state index contributed by atoms with van der Waals surface area (Å²) < 4.78 is 13.2. The standard InChI is InChI=1S/C24H20Cl2O3P/c1-13-12-14(2)21(16(4)15(13)3)23(27)17-8-5-6-11-20(17)30(29)24(28)22-18(25)9-7-10-19(22)26/h5-12H,1-4H3/q+1. The van der Waals surface area contributed by atoms with E-state index in [0.717, 1.165) is 22.3 Å². The maximum atomic E-state index is 13.5. The van der Waals surface area contributed by atoms with Crippen LogP contribution < -0.4 is 5.30 Å². The Morgan fingerprint density at radius 3 is 2.00 bits per heavy atom. The number of rotatable bonds is 5. The predicted molar refractivity (Wildman–Crippen MR) is 123 cm³/mol. The van der Waals surface area contributed by atoms with E-state index < -0.39 is 13.3 Å². The van der Waals surface area contributed by atoms with Gasteiger partial charge in [0.1, 0.15) is 5.56 Å². The molecule has 0 radical (unpaired) electrons. The lowest BCUT2D eigenvalue weighted by molar-refractivity contribution is 0.103. The Labute approximate surface area is 186 Å². The van der Waals surface area contributed by atoms with E-state index in [4.69, 9.17) is 23.2 Å². The first kappa shape index (κ1) is 22.4. The molecule has 3 aromatic carbocycles. The Morgan fingerprint density at radius 2 is 1.37 bits per heavy atom. The maximum Gasteiger partial charge on any atom is 0.459 e. The number of hydrogen-bond acceptors (Lipinski definition) is 3. The molecule has 0 bridgehead atoms. The third-order valence-corrected chi connectivity index (χ3v) is 7.36. The van der Waals surface area contributed by atoms with Crippen LogP contribution in [0.15, 0.2) is 48.5 Å². The van der Waals surface area contributed by atoms with Gasteiger partial charge in [0.25, 0.3) is 0 Å². The van der Waals surface area contributed by atoms with Crippen LogP contribution in [0.4, 0.5) is 0 Å². The Kier molecular flexibility index (Phi) is 6.57. The minimum atomic E-state index is -2.60. The normalized spacial score (nSPS) is 11.3. The summed E-state index contributed by atoms with van der Waals surface area (Å²) in [6.07, 6.45) is 0. The van der Waals surface area contributed by atoms with E-state index >= 15 is 0 Å². The molecule has 0 saturated carbocycles. The Bertz CT molecular complexity index is 1200. The number of carbonyl (C=O) groups excluding carboxylic acids is 2. The van der Waals surface area contributed by atoms with Crippen LogP contribution in [0.5, 0.6) is 0 Å². The molecule has 152 valence electrons. The summed E-state index contributed by atoms with van der Waals surface area (Å²) in [6.45, 7) is 7.75. The molecular weight excluding hydrogens is 438 g/mol. The van der Waals surface area contributed by atoms with Crippen molar-refractivity contribution in [2.75, 3.05) is 0 Å². The average molecular weight is 458 g/mol. The van der Waals surface area contributed by atoms with Gasteiger partial charge in [-0.3, -0.25) is 4.79 Å². The van der Waals surface area contributed by atoms with E-state index in [9.17, 15) is 14.2 Å². The molecule has 0 aliphatic carbocycles. The van der Waals surface area contributed by atoms with E-state index in [1.54, 1.807) is 30.3 Å². The van der Waals surface area contributed by atoms with Gasteiger partial charge in [0.2, 0.25) is 5.30 Å². The van der Waals surface area contributed by atoms with Crippen molar-refractivity contribution in [1.82, 2.24) is 0 Å². The monoisotopic (exact) mass is 457 g/mol. The van der Waals surface area contributed by atoms with Crippen LogP contribution >= 0.6 is 31.0 Å². The zero-order chi connectivity index (χ0) is 22.2. The van der Waals surface area contributed by atoms with Crippen LogP contribution in [-0.4, -0.2) is 11.3 Å². The molecule has 1 atom stereocenters. The highest BCUT2D eigenvalue weighted by Gasteiger charge is 2.39. The van der Waals surface area contributed by atoms with Crippen molar-refractivity contribution in [2.24, 2.45) is 0 Å². The van der Waals surface area contributed by atoms with Crippen molar-refractivity contribution < 1.29 is 14.2 Å². The molecule has 3 aromatic rings. The summed E-state index contributed by atoms with van der Waals surface area (Å²) in [7, 11) is -2.60. The topological polar surface area (TPSA) is 51.2 Å². The molecule has 1 unspecified atom stereocenters. The van der Waals surface area contributed by atoms with E-state index in [1.807, 2.05) is 33.8 Å². The fourth-order valence-electron chi connectivity index (χ4n) is 3.52. The SMILES string of the molecule is Cc1cc(C)c(C(=O)c2ccccc2[P+](=O)C(=O)c2c(Cl)cccc2Cl)c(C)c1C. The molecule has 6 heteroatoms. The fourth-order valence-corrected chi connectivity index (χ4v) is 5.50. The highest BCUT2D eigenvalue weighted by molar-refractivity contribution is 7.71. The van der Waals surface area contributed by atoms with Crippen LogP contribution in [0.3, 0.4) is 0 Å². The van der Waals surface area contributed by atoms with Crippen molar-refractivity contribution in [2.45, 2.75) is 27.7 Å². The van der Waals surface area contributed by atoms with Gasteiger partial charge in [-0.25, -0.2) is 4.79 Å². The third kappa shape index (κ3) is 3.98. The van der Waals surface area contributed by atoms with Gasteiger partial charge in [0, 0.05) is 5.56 Å². The van der Waals surface area contributed by atoms with Crippen molar-refractivity contribution in [1.29, 1.82) is 0 Å². The van der Waals surface area contributed by atoms with E-state index in [2.05, 4.69) is 0 Å². The van der Waals surface area contributed by atoms with Crippen LogP contribution in [0, 0.1) is 27.7 Å². The minimum absolute atomic E-state index is 0.00254. The van der Waals surface area contributed by atoms with Gasteiger partial charge in [-0.15, -0.1) is 0 Å². The largest absolute Gasteiger partial charge is 0.459 e. The number of carbonyl (C=O) groups is 2. The lowest BCUT2D eigenvalue weighted by Crippen LogP contribution is -2.18. The van der Waals surface area contributed by atoms with Crippen LogP contribution in [0.25, 0.3) is 0 Å². The van der Waals surface area contributed by atoms with E-state index in [0.29, 0.717) is 5.56 Å². The molecule has 3 nitrogen and oxygen atoms in total. The van der Waals surface area contributed by atoms with Gasteiger partial charge in [0.05, 0.1) is 15.6 Å². The summed E-state index contributed by atoms with van der Waals surface area (Å²) in [6, 6.07) is 13.1. The lowest BCUT2D eigenvalue weighted by Gasteiger charge is -2.14.